The molecule has 0 bridgehead atoms. The van der Waals surface area contributed by atoms with Crippen molar-refractivity contribution in [2.24, 2.45) is 5.92 Å². The molecule has 0 radical (unpaired) electrons. The molecule has 1 saturated heterocycles. The highest BCUT2D eigenvalue weighted by atomic mass is 16.2. The predicted molar refractivity (Wildman–Crippen MR) is 70.9 cm³/mol. The van der Waals surface area contributed by atoms with Crippen LogP contribution in [0.3, 0.4) is 0 Å². The second-order valence-electron chi connectivity index (χ2n) is 4.75. The maximum absolute atomic E-state index is 12.4. The molecule has 1 N–H and O–H groups in total. The summed E-state index contributed by atoms with van der Waals surface area (Å²) in [4.78, 5) is 18.3. The van der Waals surface area contributed by atoms with Gasteiger partial charge in [-0.05, 0) is 44.0 Å². The van der Waals surface area contributed by atoms with Crippen LogP contribution in [0.25, 0.3) is 0 Å². The number of aromatic nitrogens is 1. The number of carbonyl (C=O) groups is 1. The molecule has 18 heavy (non-hydrogen) atoms. The fourth-order valence-electron chi connectivity index (χ4n) is 2.37. The van der Waals surface area contributed by atoms with Crippen molar-refractivity contribution < 1.29 is 4.79 Å². The summed E-state index contributed by atoms with van der Waals surface area (Å²) in [5.74, 6) is 0.432. The number of pyridine rings is 1. The number of carbonyl (C=O) groups excluding carboxylic acids is 1. The summed E-state index contributed by atoms with van der Waals surface area (Å²) in [7, 11) is 0. The number of rotatable bonds is 4. The molecule has 1 fully saturated rings. The number of hydrogen-bond donors (Lipinski definition) is 1. The lowest BCUT2D eigenvalue weighted by molar-refractivity contribution is -0.136. The van der Waals surface area contributed by atoms with Gasteiger partial charge in [0.1, 0.15) is 0 Å². The molecule has 2 rings (SSSR count). The summed E-state index contributed by atoms with van der Waals surface area (Å²) in [6.45, 7) is 5.35. The minimum Gasteiger partial charge on any atom is -0.338 e. The Bertz CT molecular complexity index is 374. The number of nitrogens with one attached hydrogen (secondary N) is 1. The molecule has 4 nitrogen and oxygen atoms in total. The zero-order valence-electron chi connectivity index (χ0n) is 10.9. The Balaban J connectivity index is 1.97. The summed E-state index contributed by atoms with van der Waals surface area (Å²) in [6, 6.07) is 3.93. The van der Waals surface area contributed by atoms with Crippen LogP contribution >= 0.6 is 0 Å². The molecule has 1 aromatic rings. The quantitative estimate of drug-likeness (QED) is 0.875. The molecular formula is C14H21N3O. The molecule has 98 valence electrons. The minimum atomic E-state index is 0.153. The summed E-state index contributed by atoms with van der Waals surface area (Å²) in [5.41, 5.74) is 1.14. The predicted octanol–water partition coefficient (Wildman–Crippen LogP) is 1.43. The first-order chi connectivity index (χ1) is 8.81. The second kappa shape index (κ2) is 6.50. The van der Waals surface area contributed by atoms with E-state index in [0.29, 0.717) is 6.54 Å². The van der Waals surface area contributed by atoms with Crippen LogP contribution in [0.15, 0.2) is 24.5 Å². The Morgan fingerprint density at radius 2 is 2.28 bits per heavy atom. The van der Waals surface area contributed by atoms with E-state index >= 15 is 0 Å². The van der Waals surface area contributed by atoms with E-state index in [9.17, 15) is 4.79 Å². The van der Waals surface area contributed by atoms with E-state index in [0.717, 1.165) is 38.0 Å². The molecule has 4 heteroatoms. The van der Waals surface area contributed by atoms with E-state index in [1.165, 1.54) is 0 Å². The lowest BCUT2D eigenvalue weighted by Crippen LogP contribution is -2.42. The monoisotopic (exact) mass is 247 g/mol. The van der Waals surface area contributed by atoms with Crippen LogP contribution in [0.2, 0.25) is 0 Å². The van der Waals surface area contributed by atoms with Crippen molar-refractivity contribution in [3.63, 3.8) is 0 Å². The first kappa shape index (κ1) is 13.0. The molecule has 0 aromatic carbocycles. The van der Waals surface area contributed by atoms with Crippen LogP contribution in [0.1, 0.15) is 25.3 Å². The van der Waals surface area contributed by atoms with Gasteiger partial charge in [0.2, 0.25) is 5.91 Å². The average Bonchev–Trinajstić information content (AvgIpc) is 2.46. The van der Waals surface area contributed by atoms with Gasteiger partial charge in [-0.25, -0.2) is 0 Å². The first-order valence-electron chi connectivity index (χ1n) is 6.69. The van der Waals surface area contributed by atoms with Gasteiger partial charge in [0, 0.05) is 32.0 Å². The summed E-state index contributed by atoms with van der Waals surface area (Å²) < 4.78 is 0. The molecular weight excluding hydrogens is 226 g/mol. The summed E-state index contributed by atoms with van der Waals surface area (Å²) in [5, 5.41) is 3.30. The molecule has 2 heterocycles. The van der Waals surface area contributed by atoms with Gasteiger partial charge in [0.05, 0.1) is 5.92 Å². The molecule has 1 amide bonds. The highest BCUT2D eigenvalue weighted by Gasteiger charge is 2.24. The van der Waals surface area contributed by atoms with Crippen LogP contribution in [0.5, 0.6) is 0 Å². The van der Waals surface area contributed by atoms with Crippen molar-refractivity contribution in [1.29, 1.82) is 0 Å². The Kier molecular flexibility index (Phi) is 4.70. The van der Waals surface area contributed by atoms with E-state index in [1.807, 2.05) is 24.0 Å². The first-order valence-corrected chi connectivity index (χ1v) is 6.69. The highest BCUT2D eigenvalue weighted by molar-refractivity contribution is 5.79. The molecule has 0 aliphatic carbocycles. The van der Waals surface area contributed by atoms with Gasteiger partial charge in [0.15, 0.2) is 0 Å². The largest absolute Gasteiger partial charge is 0.338 e. The van der Waals surface area contributed by atoms with Gasteiger partial charge in [-0.2, -0.15) is 0 Å². The fraction of sp³-hybridized carbons (Fsp3) is 0.571. The van der Waals surface area contributed by atoms with Gasteiger partial charge >= 0.3 is 0 Å². The molecule has 1 aromatic heterocycles. The third-order valence-corrected chi connectivity index (χ3v) is 3.46. The summed E-state index contributed by atoms with van der Waals surface area (Å²) in [6.07, 6.45) is 5.66. The van der Waals surface area contributed by atoms with Crippen LogP contribution in [-0.4, -0.2) is 35.4 Å². The van der Waals surface area contributed by atoms with E-state index < -0.39 is 0 Å². The molecule has 1 aliphatic rings. The van der Waals surface area contributed by atoms with Crippen LogP contribution in [0.4, 0.5) is 0 Å². The lowest BCUT2D eigenvalue weighted by atomic mass is 9.98. The van der Waals surface area contributed by atoms with Gasteiger partial charge in [-0.1, -0.05) is 0 Å². The molecule has 0 unspecified atom stereocenters. The maximum Gasteiger partial charge on any atom is 0.227 e. The standard InChI is InChI=1S/C14H21N3O/c1-2-17(11-12-5-8-15-9-6-12)14(18)13-4-3-7-16-10-13/h5-6,8-9,13,16H,2-4,7,10-11H2,1H3/t13-/m1/s1. The molecule has 1 aliphatic heterocycles. The Morgan fingerprint density at radius 1 is 1.50 bits per heavy atom. The maximum atomic E-state index is 12.4. The van der Waals surface area contributed by atoms with Crippen molar-refractivity contribution in [2.45, 2.75) is 26.3 Å². The van der Waals surface area contributed by atoms with E-state index in [-0.39, 0.29) is 11.8 Å². The number of amides is 1. The smallest absolute Gasteiger partial charge is 0.227 e. The Morgan fingerprint density at radius 3 is 2.89 bits per heavy atom. The van der Waals surface area contributed by atoms with Gasteiger partial charge in [-0.15, -0.1) is 0 Å². The normalized spacial score (nSPS) is 19.5. The molecule has 1 atom stereocenters. The van der Waals surface area contributed by atoms with Gasteiger partial charge < -0.3 is 10.2 Å². The average molecular weight is 247 g/mol. The fourth-order valence-corrected chi connectivity index (χ4v) is 2.37. The third-order valence-electron chi connectivity index (χ3n) is 3.46. The SMILES string of the molecule is CCN(Cc1ccncc1)C(=O)[C@@H]1CCCNC1. The lowest BCUT2D eigenvalue weighted by Gasteiger charge is -2.29. The number of piperidine rings is 1. The van der Waals surface area contributed by atoms with Crippen molar-refractivity contribution in [1.82, 2.24) is 15.2 Å². The highest BCUT2D eigenvalue weighted by Crippen LogP contribution is 2.15. The van der Waals surface area contributed by atoms with Crippen LogP contribution < -0.4 is 5.32 Å². The van der Waals surface area contributed by atoms with Crippen molar-refractivity contribution in [3.8, 4) is 0 Å². The molecule has 0 spiro atoms. The minimum absolute atomic E-state index is 0.153. The van der Waals surface area contributed by atoms with Crippen LogP contribution in [0, 0.1) is 5.92 Å². The van der Waals surface area contributed by atoms with E-state index in [2.05, 4.69) is 10.3 Å². The van der Waals surface area contributed by atoms with E-state index in [4.69, 9.17) is 0 Å². The van der Waals surface area contributed by atoms with E-state index in [1.54, 1.807) is 12.4 Å². The zero-order valence-corrected chi connectivity index (χ0v) is 10.9. The van der Waals surface area contributed by atoms with Gasteiger partial charge in [-0.3, -0.25) is 9.78 Å². The second-order valence-corrected chi connectivity index (χ2v) is 4.75. The number of hydrogen-bond acceptors (Lipinski definition) is 3. The Hall–Kier alpha value is -1.42. The van der Waals surface area contributed by atoms with Crippen molar-refractivity contribution >= 4 is 5.91 Å². The zero-order chi connectivity index (χ0) is 12.8. The van der Waals surface area contributed by atoms with Crippen LogP contribution in [-0.2, 0) is 11.3 Å². The Labute approximate surface area is 108 Å². The van der Waals surface area contributed by atoms with Gasteiger partial charge in [0.25, 0.3) is 0 Å². The van der Waals surface area contributed by atoms with Crippen molar-refractivity contribution in [2.75, 3.05) is 19.6 Å². The van der Waals surface area contributed by atoms with Crippen molar-refractivity contribution in [3.05, 3.63) is 30.1 Å². The number of nitrogens with zero attached hydrogens (tertiary/aromatic N) is 2. The third kappa shape index (κ3) is 3.29. The topological polar surface area (TPSA) is 45.2 Å². The molecule has 0 saturated carbocycles. The summed E-state index contributed by atoms with van der Waals surface area (Å²) >= 11 is 0.